The second kappa shape index (κ2) is 5.77. The maximum Gasteiger partial charge on any atom is 0.311 e. The number of hydrogen-bond donors (Lipinski definition) is 1. The number of nitrogens with two attached hydrogens (primary N) is 1. The van der Waals surface area contributed by atoms with Crippen LogP contribution >= 0.6 is 11.6 Å². The molecule has 0 saturated carbocycles. The van der Waals surface area contributed by atoms with Crippen LogP contribution in [0, 0.1) is 0 Å². The average molecular weight is 265 g/mol. The van der Waals surface area contributed by atoms with Crippen LogP contribution in [-0.2, 0) is 16.0 Å². The van der Waals surface area contributed by atoms with Gasteiger partial charge < -0.3 is 10.5 Å². The van der Waals surface area contributed by atoms with Crippen molar-refractivity contribution in [3.05, 3.63) is 22.5 Å². The third-order valence-corrected chi connectivity index (χ3v) is 2.33. The summed E-state index contributed by atoms with van der Waals surface area (Å²) in [5.41, 5.74) is 4.56. The molecule has 0 spiro atoms. The van der Waals surface area contributed by atoms with Gasteiger partial charge in [0.05, 0.1) is 35.0 Å². The van der Waals surface area contributed by atoms with Crippen LogP contribution in [0.25, 0.3) is 0 Å². The monoisotopic (exact) mass is 264 g/mol. The van der Waals surface area contributed by atoms with Crippen molar-refractivity contribution in [2.45, 2.75) is 19.8 Å². The number of aromatic nitrogens is 1. The molecule has 0 aliphatic carbocycles. The molecule has 0 saturated heterocycles. The summed E-state index contributed by atoms with van der Waals surface area (Å²) in [7, 11) is 0. The molecule has 0 amide bonds. The van der Waals surface area contributed by atoms with Crippen molar-refractivity contribution in [2.24, 2.45) is 0 Å². The first-order chi connectivity index (χ1) is 7.97. The second-order valence-electron chi connectivity index (χ2n) is 3.16. The van der Waals surface area contributed by atoms with Gasteiger partial charge in [0.25, 0.3) is 6.43 Å². The lowest BCUT2D eigenvalue weighted by molar-refractivity contribution is -0.142. The number of halogens is 3. The first kappa shape index (κ1) is 13.6. The third-order valence-electron chi connectivity index (χ3n) is 2.03. The molecule has 17 heavy (non-hydrogen) atoms. The van der Waals surface area contributed by atoms with E-state index in [1.54, 1.807) is 6.92 Å². The molecule has 0 fully saturated rings. The molecule has 0 bridgehead atoms. The molecule has 1 aromatic rings. The molecule has 2 N–H and O–H groups in total. The van der Waals surface area contributed by atoms with Crippen molar-refractivity contribution in [1.29, 1.82) is 0 Å². The topological polar surface area (TPSA) is 65.2 Å². The van der Waals surface area contributed by atoms with E-state index in [0.717, 1.165) is 6.20 Å². The van der Waals surface area contributed by atoms with E-state index in [2.05, 4.69) is 9.72 Å². The van der Waals surface area contributed by atoms with Crippen LogP contribution in [0.4, 0.5) is 14.5 Å². The number of nitrogens with zero attached hydrogens (tertiary/aromatic N) is 1. The smallest absolute Gasteiger partial charge is 0.311 e. The SMILES string of the molecule is CCOC(=O)Cc1ncc(Cl)c(N)c1C(F)F. The van der Waals surface area contributed by atoms with Gasteiger partial charge in [0.1, 0.15) is 0 Å². The molecular formula is C10H11ClF2N2O2. The Morgan fingerprint density at radius 1 is 1.65 bits per heavy atom. The molecule has 1 aromatic heterocycles. The van der Waals surface area contributed by atoms with Gasteiger partial charge in [-0.05, 0) is 6.92 Å². The molecule has 7 heteroatoms. The van der Waals surface area contributed by atoms with Crippen LogP contribution in [0.2, 0.25) is 5.02 Å². The normalized spacial score (nSPS) is 10.6. The first-order valence-corrected chi connectivity index (χ1v) is 5.21. The average Bonchev–Trinajstić information content (AvgIpc) is 2.23. The van der Waals surface area contributed by atoms with Crippen LogP contribution in [0.15, 0.2) is 6.20 Å². The summed E-state index contributed by atoms with van der Waals surface area (Å²) in [6, 6.07) is 0. The number of carbonyl (C=O) groups excluding carboxylic acids is 1. The lowest BCUT2D eigenvalue weighted by atomic mass is 10.1. The van der Waals surface area contributed by atoms with Crippen molar-refractivity contribution in [3.63, 3.8) is 0 Å². The molecule has 4 nitrogen and oxygen atoms in total. The number of anilines is 1. The van der Waals surface area contributed by atoms with Gasteiger partial charge in [-0.2, -0.15) is 0 Å². The molecule has 0 atom stereocenters. The maximum atomic E-state index is 12.8. The lowest BCUT2D eigenvalue weighted by Gasteiger charge is -2.11. The van der Waals surface area contributed by atoms with Crippen LogP contribution in [0.5, 0.6) is 0 Å². The van der Waals surface area contributed by atoms with Crippen molar-refractivity contribution in [2.75, 3.05) is 12.3 Å². The molecule has 0 radical (unpaired) electrons. The zero-order valence-electron chi connectivity index (χ0n) is 9.04. The fourth-order valence-corrected chi connectivity index (χ4v) is 1.44. The summed E-state index contributed by atoms with van der Waals surface area (Å²) in [5, 5.41) is -0.0621. The highest BCUT2D eigenvalue weighted by atomic mass is 35.5. The second-order valence-corrected chi connectivity index (χ2v) is 3.57. The fraction of sp³-hybridized carbons (Fsp3) is 0.400. The Balaban J connectivity index is 3.07. The summed E-state index contributed by atoms with van der Waals surface area (Å²) < 4.78 is 30.2. The zero-order valence-corrected chi connectivity index (χ0v) is 9.80. The van der Waals surface area contributed by atoms with E-state index in [-0.39, 0.29) is 29.4 Å². The highest BCUT2D eigenvalue weighted by molar-refractivity contribution is 6.33. The highest BCUT2D eigenvalue weighted by Crippen LogP contribution is 2.32. The Bertz CT molecular complexity index is 427. The van der Waals surface area contributed by atoms with Crippen molar-refractivity contribution < 1.29 is 18.3 Å². The number of pyridine rings is 1. The number of hydrogen-bond acceptors (Lipinski definition) is 4. The third kappa shape index (κ3) is 3.26. The van der Waals surface area contributed by atoms with E-state index < -0.39 is 18.0 Å². The largest absolute Gasteiger partial charge is 0.466 e. The molecular weight excluding hydrogens is 254 g/mol. The number of esters is 1. The Labute approximate surface area is 102 Å². The van der Waals surface area contributed by atoms with Crippen LogP contribution in [-0.4, -0.2) is 17.6 Å². The highest BCUT2D eigenvalue weighted by Gasteiger charge is 2.22. The Hall–Kier alpha value is -1.43. The van der Waals surface area contributed by atoms with Gasteiger partial charge in [0.15, 0.2) is 0 Å². The van der Waals surface area contributed by atoms with Crippen LogP contribution < -0.4 is 5.73 Å². The fourth-order valence-electron chi connectivity index (χ4n) is 1.29. The van der Waals surface area contributed by atoms with E-state index >= 15 is 0 Å². The first-order valence-electron chi connectivity index (χ1n) is 4.83. The van der Waals surface area contributed by atoms with E-state index in [0.29, 0.717) is 0 Å². The quantitative estimate of drug-likeness (QED) is 0.848. The van der Waals surface area contributed by atoms with E-state index in [9.17, 15) is 13.6 Å². The summed E-state index contributed by atoms with van der Waals surface area (Å²) in [5.74, 6) is -0.636. The Morgan fingerprint density at radius 3 is 2.82 bits per heavy atom. The number of carbonyl (C=O) groups is 1. The standard InChI is InChI=1S/C10H11ClF2N2O2/c1-2-17-7(16)3-6-8(10(12)13)9(14)5(11)4-15-6/h4,10H,2-3H2,1H3,(H2,14,15). The van der Waals surface area contributed by atoms with Crippen LogP contribution in [0.1, 0.15) is 24.6 Å². The predicted octanol–water partition coefficient (Wildman–Crippen LogP) is 2.36. The zero-order chi connectivity index (χ0) is 13.0. The van der Waals surface area contributed by atoms with Gasteiger partial charge in [-0.1, -0.05) is 11.6 Å². The molecule has 94 valence electrons. The van der Waals surface area contributed by atoms with E-state index in [4.69, 9.17) is 17.3 Å². The molecule has 0 unspecified atom stereocenters. The number of nitrogen functional groups attached to an aromatic ring is 1. The summed E-state index contributed by atoms with van der Waals surface area (Å²) in [6.45, 7) is 1.79. The van der Waals surface area contributed by atoms with Gasteiger partial charge in [-0.25, -0.2) is 8.78 Å². The van der Waals surface area contributed by atoms with Gasteiger partial charge in [0, 0.05) is 6.20 Å². The van der Waals surface area contributed by atoms with Crippen molar-refractivity contribution in [1.82, 2.24) is 4.98 Å². The van der Waals surface area contributed by atoms with Crippen molar-refractivity contribution in [3.8, 4) is 0 Å². The minimum atomic E-state index is -2.84. The summed E-state index contributed by atoms with van der Waals surface area (Å²) in [6.07, 6.45) is -2.06. The number of rotatable bonds is 4. The van der Waals surface area contributed by atoms with E-state index in [1.165, 1.54) is 0 Å². The Morgan fingerprint density at radius 2 is 2.29 bits per heavy atom. The summed E-state index contributed by atoms with van der Waals surface area (Å²) in [4.78, 5) is 14.9. The number of ether oxygens (including phenoxy) is 1. The predicted molar refractivity (Wildman–Crippen MR) is 59.0 cm³/mol. The van der Waals surface area contributed by atoms with Gasteiger partial charge >= 0.3 is 5.97 Å². The summed E-state index contributed by atoms with van der Waals surface area (Å²) >= 11 is 5.59. The minimum Gasteiger partial charge on any atom is -0.466 e. The maximum absolute atomic E-state index is 12.8. The van der Waals surface area contributed by atoms with Gasteiger partial charge in [-0.15, -0.1) is 0 Å². The molecule has 1 heterocycles. The van der Waals surface area contributed by atoms with Crippen molar-refractivity contribution >= 4 is 23.3 Å². The molecule has 0 aliphatic rings. The minimum absolute atomic E-state index is 0.0621. The molecule has 1 rings (SSSR count). The Kier molecular flexibility index (Phi) is 4.62. The molecule has 0 aliphatic heterocycles. The molecule has 0 aromatic carbocycles. The van der Waals surface area contributed by atoms with E-state index in [1.807, 2.05) is 0 Å². The number of alkyl halides is 2. The van der Waals surface area contributed by atoms with Gasteiger partial charge in [0.2, 0.25) is 0 Å². The van der Waals surface area contributed by atoms with Gasteiger partial charge in [-0.3, -0.25) is 9.78 Å². The lowest BCUT2D eigenvalue weighted by Crippen LogP contribution is -2.12. The van der Waals surface area contributed by atoms with Crippen LogP contribution in [0.3, 0.4) is 0 Å².